The minimum atomic E-state index is -4.38. The summed E-state index contributed by atoms with van der Waals surface area (Å²) < 4.78 is 38.4. The molecule has 134 valence electrons. The number of rotatable bonds is 2. The number of nitrogens with zero attached hydrogens (tertiary/aromatic N) is 2. The lowest BCUT2D eigenvalue weighted by Gasteiger charge is -2.32. The van der Waals surface area contributed by atoms with Crippen molar-refractivity contribution >= 4 is 17.5 Å². The second kappa shape index (κ2) is 6.54. The Morgan fingerprint density at radius 3 is 2.44 bits per heavy atom. The molecule has 0 radical (unpaired) electrons. The highest BCUT2D eigenvalue weighted by Gasteiger charge is 2.36. The Bertz CT molecular complexity index is 707. The third-order valence-corrected chi connectivity index (χ3v) is 4.90. The van der Waals surface area contributed by atoms with Gasteiger partial charge in [-0.1, -0.05) is 6.58 Å². The zero-order valence-electron chi connectivity index (χ0n) is 13.7. The normalized spacial score (nSPS) is 18.2. The van der Waals surface area contributed by atoms with E-state index < -0.39 is 11.7 Å². The van der Waals surface area contributed by atoms with Gasteiger partial charge in [-0.3, -0.25) is 9.59 Å². The Morgan fingerprint density at radius 1 is 1.16 bits per heavy atom. The molecule has 2 heterocycles. The van der Waals surface area contributed by atoms with Crippen LogP contribution in [0, 0.1) is 5.92 Å². The standard InChI is InChI=1S/C18H19F3N2O2/c1-2-16(24)22-8-5-12(6-9-22)17(25)23-10-7-13-11-14(18(19,20)21)3-4-15(13)23/h2-4,11-12H,1,5-10H2. The minimum Gasteiger partial charge on any atom is -0.339 e. The molecule has 2 aliphatic heterocycles. The summed E-state index contributed by atoms with van der Waals surface area (Å²) in [6.07, 6.45) is -1.57. The summed E-state index contributed by atoms with van der Waals surface area (Å²) >= 11 is 0. The van der Waals surface area contributed by atoms with Crippen LogP contribution in [0.3, 0.4) is 0 Å². The van der Waals surface area contributed by atoms with Crippen LogP contribution in [-0.4, -0.2) is 36.3 Å². The van der Waals surface area contributed by atoms with Gasteiger partial charge in [-0.15, -0.1) is 0 Å². The molecule has 7 heteroatoms. The van der Waals surface area contributed by atoms with Crippen molar-refractivity contribution in [2.45, 2.75) is 25.4 Å². The van der Waals surface area contributed by atoms with Gasteiger partial charge in [0.25, 0.3) is 0 Å². The molecule has 2 amide bonds. The van der Waals surface area contributed by atoms with Crippen LogP contribution in [0.2, 0.25) is 0 Å². The minimum absolute atomic E-state index is 0.0655. The Kier molecular flexibility index (Phi) is 4.58. The highest BCUT2D eigenvalue weighted by atomic mass is 19.4. The topological polar surface area (TPSA) is 40.6 Å². The summed E-state index contributed by atoms with van der Waals surface area (Å²) in [5, 5.41) is 0. The molecule has 1 aromatic carbocycles. The van der Waals surface area contributed by atoms with Crippen molar-refractivity contribution < 1.29 is 22.8 Å². The van der Waals surface area contributed by atoms with Gasteiger partial charge in [0.1, 0.15) is 0 Å². The first-order valence-corrected chi connectivity index (χ1v) is 8.24. The van der Waals surface area contributed by atoms with Gasteiger partial charge in [0.15, 0.2) is 0 Å². The predicted molar refractivity (Wildman–Crippen MR) is 87.0 cm³/mol. The first-order chi connectivity index (χ1) is 11.8. The fourth-order valence-corrected chi connectivity index (χ4v) is 3.50. The Hall–Kier alpha value is -2.31. The van der Waals surface area contributed by atoms with Crippen molar-refractivity contribution in [1.82, 2.24) is 4.90 Å². The lowest BCUT2D eigenvalue weighted by molar-refractivity contribution is -0.137. The fourth-order valence-electron chi connectivity index (χ4n) is 3.50. The molecule has 0 unspecified atom stereocenters. The van der Waals surface area contributed by atoms with Crippen molar-refractivity contribution in [2.75, 3.05) is 24.5 Å². The van der Waals surface area contributed by atoms with Gasteiger partial charge in [-0.05, 0) is 49.1 Å². The van der Waals surface area contributed by atoms with Crippen LogP contribution >= 0.6 is 0 Å². The van der Waals surface area contributed by atoms with Crippen LogP contribution in [0.25, 0.3) is 0 Å². The second-order valence-corrected chi connectivity index (χ2v) is 6.38. The quantitative estimate of drug-likeness (QED) is 0.768. The van der Waals surface area contributed by atoms with Crippen molar-refractivity contribution in [2.24, 2.45) is 5.92 Å². The molecular weight excluding hydrogens is 333 g/mol. The van der Waals surface area contributed by atoms with E-state index in [9.17, 15) is 22.8 Å². The van der Waals surface area contributed by atoms with E-state index in [1.54, 1.807) is 9.80 Å². The van der Waals surface area contributed by atoms with Crippen LogP contribution in [0.15, 0.2) is 30.9 Å². The summed E-state index contributed by atoms with van der Waals surface area (Å²) in [5.41, 5.74) is 0.446. The highest BCUT2D eigenvalue weighted by molar-refractivity contribution is 5.97. The Labute approximate surface area is 143 Å². The van der Waals surface area contributed by atoms with Crippen molar-refractivity contribution in [3.8, 4) is 0 Å². The molecule has 0 aliphatic carbocycles. The zero-order chi connectivity index (χ0) is 18.2. The summed E-state index contributed by atoms with van der Waals surface area (Å²) in [4.78, 5) is 27.6. The number of carbonyl (C=O) groups is 2. The number of likely N-dealkylation sites (tertiary alicyclic amines) is 1. The molecule has 0 atom stereocenters. The smallest absolute Gasteiger partial charge is 0.339 e. The highest BCUT2D eigenvalue weighted by Crippen LogP contribution is 2.36. The van der Waals surface area contributed by atoms with E-state index in [4.69, 9.17) is 0 Å². The van der Waals surface area contributed by atoms with E-state index in [-0.39, 0.29) is 17.7 Å². The fraction of sp³-hybridized carbons (Fsp3) is 0.444. The number of carbonyl (C=O) groups excluding carboxylic acids is 2. The van der Waals surface area contributed by atoms with E-state index in [0.717, 1.165) is 12.1 Å². The molecule has 1 saturated heterocycles. The Balaban J connectivity index is 1.70. The molecule has 0 aromatic heterocycles. The van der Waals surface area contributed by atoms with Gasteiger partial charge in [-0.2, -0.15) is 13.2 Å². The van der Waals surface area contributed by atoms with Crippen LogP contribution in [-0.2, 0) is 22.2 Å². The first-order valence-electron chi connectivity index (χ1n) is 8.24. The van der Waals surface area contributed by atoms with Crippen LogP contribution in [0.5, 0.6) is 0 Å². The Morgan fingerprint density at radius 2 is 1.84 bits per heavy atom. The summed E-state index contributed by atoms with van der Waals surface area (Å²) in [6, 6.07) is 3.54. The van der Waals surface area contributed by atoms with Gasteiger partial charge >= 0.3 is 6.18 Å². The van der Waals surface area contributed by atoms with E-state index in [1.807, 2.05) is 0 Å². The molecule has 1 fully saturated rings. The summed E-state index contributed by atoms with van der Waals surface area (Å²) in [6.45, 7) is 4.85. The maximum Gasteiger partial charge on any atom is 0.416 e. The summed E-state index contributed by atoms with van der Waals surface area (Å²) in [5.74, 6) is -0.414. The van der Waals surface area contributed by atoms with Crippen molar-refractivity contribution in [1.29, 1.82) is 0 Å². The third kappa shape index (κ3) is 3.41. The number of fused-ring (bicyclic) bond motifs is 1. The van der Waals surface area contributed by atoms with Crippen molar-refractivity contribution in [3.05, 3.63) is 42.0 Å². The van der Waals surface area contributed by atoms with E-state index >= 15 is 0 Å². The first kappa shape index (κ1) is 17.5. The number of piperidine rings is 1. The molecule has 2 aliphatic rings. The number of halogens is 3. The maximum atomic E-state index is 12.8. The monoisotopic (exact) mass is 352 g/mol. The van der Waals surface area contributed by atoms with Crippen LogP contribution < -0.4 is 4.90 Å². The molecule has 25 heavy (non-hydrogen) atoms. The van der Waals surface area contributed by atoms with Crippen molar-refractivity contribution in [3.63, 3.8) is 0 Å². The average molecular weight is 352 g/mol. The number of alkyl halides is 3. The molecule has 0 N–H and O–H groups in total. The number of anilines is 1. The van der Waals surface area contributed by atoms with E-state index in [1.165, 1.54) is 12.1 Å². The number of hydrogen-bond acceptors (Lipinski definition) is 2. The van der Waals surface area contributed by atoms with Gasteiger partial charge in [0.2, 0.25) is 11.8 Å². The molecule has 0 bridgehead atoms. The number of amides is 2. The van der Waals surface area contributed by atoms with E-state index in [0.29, 0.717) is 50.1 Å². The van der Waals surface area contributed by atoms with Gasteiger partial charge in [0.05, 0.1) is 5.56 Å². The van der Waals surface area contributed by atoms with E-state index in [2.05, 4.69) is 6.58 Å². The van der Waals surface area contributed by atoms with Gasteiger partial charge < -0.3 is 9.80 Å². The SMILES string of the molecule is C=CC(=O)N1CCC(C(=O)N2CCc3cc(C(F)(F)F)ccc32)CC1. The number of benzene rings is 1. The number of hydrogen-bond donors (Lipinski definition) is 0. The second-order valence-electron chi connectivity index (χ2n) is 6.38. The zero-order valence-corrected chi connectivity index (χ0v) is 13.7. The molecular formula is C18H19F3N2O2. The molecule has 3 rings (SSSR count). The van der Waals surface area contributed by atoms with Gasteiger partial charge in [0, 0.05) is 31.2 Å². The van der Waals surface area contributed by atoms with Crippen LogP contribution in [0.1, 0.15) is 24.0 Å². The molecule has 1 aromatic rings. The van der Waals surface area contributed by atoms with Gasteiger partial charge in [-0.25, -0.2) is 0 Å². The average Bonchev–Trinajstić information content (AvgIpc) is 3.03. The maximum absolute atomic E-state index is 12.8. The molecule has 0 saturated carbocycles. The predicted octanol–water partition coefficient (Wildman–Crippen LogP) is 3.02. The van der Waals surface area contributed by atoms with Crippen LogP contribution in [0.4, 0.5) is 18.9 Å². The third-order valence-electron chi connectivity index (χ3n) is 4.90. The summed E-state index contributed by atoms with van der Waals surface area (Å²) in [7, 11) is 0. The largest absolute Gasteiger partial charge is 0.416 e. The molecule has 4 nitrogen and oxygen atoms in total. The molecule has 0 spiro atoms. The lowest BCUT2D eigenvalue weighted by Crippen LogP contribution is -2.43. The lowest BCUT2D eigenvalue weighted by atomic mass is 9.95.